The first kappa shape index (κ1) is 13.5. The van der Waals surface area contributed by atoms with Crippen LogP contribution in [0.2, 0.25) is 0 Å². The maximum Gasteiger partial charge on any atom is 0.238 e. The molecule has 1 aliphatic heterocycles. The molecule has 3 unspecified atom stereocenters. The highest BCUT2D eigenvalue weighted by Gasteiger charge is 2.23. The van der Waals surface area contributed by atoms with Crippen LogP contribution < -0.4 is 16.0 Å². The number of carbonyl (C=O) groups excluding carboxylic acids is 1. The molecule has 0 aromatic heterocycles. The fourth-order valence-corrected chi connectivity index (χ4v) is 1.59. The summed E-state index contributed by atoms with van der Waals surface area (Å²) in [6.07, 6.45) is 0. The summed E-state index contributed by atoms with van der Waals surface area (Å²) >= 11 is 0. The lowest BCUT2D eigenvalue weighted by Crippen LogP contribution is -2.59. The third kappa shape index (κ3) is 4.10. The average molecular weight is 227 g/mol. The number of piperazine rings is 1. The van der Waals surface area contributed by atoms with Gasteiger partial charge in [0.05, 0.1) is 6.04 Å². The van der Waals surface area contributed by atoms with E-state index in [4.69, 9.17) is 0 Å². The largest absolute Gasteiger partial charge is 0.354 e. The summed E-state index contributed by atoms with van der Waals surface area (Å²) < 4.78 is 0. The van der Waals surface area contributed by atoms with Crippen molar-refractivity contribution in [3.8, 4) is 0 Å². The van der Waals surface area contributed by atoms with Crippen LogP contribution in [0.4, 0.5) is 0 Å². The smallest absolute Gasteiger partial charge is 0.238 e. The quantitative estimate of drug-likeness (QED) is 0.649. The fourth-order valence-electron chi connectivity index (χ4n) is 1.59. The van der Waals surface area contributed by atoms with Crippen molar-refractivity contribution in [1.82, 2.24) is 16.0 Å². The van der Waals surface area contributed by atoms with Crippen LogP contribution in [0.15, 0.2) is 0 Å². The van der Waals surface area contributed by atoms with Crippen molar-refractivity contribution < 1.29 is 4.79 Å². The van der Waals surface area contributed by atoms with E-state index in [2.05, 4.69) is 43.6 Å². The van der Waals surface area contributed by atoms with Gasteiger partial charge < -0.3 is 16.0 Å². The topological polar surface area (TPSA) is 53.2 Å². The highest BCUT2D eigenvalue weighted by Crippen LogP contribution is 2.07. The zero-order valence-corrected chi connectivity index (χ0v) is 10.8. The van der Waals surface area contributed by atoms with Crippen molar-refractivity contribution in [2.75, 3.05) is 19.6 Å². The molecule has 4 heteroatoms. The summed E-state index contributed by atoms with van der Waals surface area (Å²) in [4.78, 5) is 11.8. The molecule has 1 rings (SSSR count). The van der Waals surface area contributed by atoms with Crippen molar-refractivity contribution in [1.29, 1.82) is 0 Å². The number of amides is 1. The normalized spacial score (nSPS) is 27.8. The molecule has 0 spiro atoms. The van der Waals surface area contributed by atoms with Gasteiger partial charge in [0, 0.05) is 25.7 Å². The van der Waals surface area contributed by atoms with E-state index >= 15 is 0 Å². The van der Waals surface area contributed by atoms with Crippen molar-refractivity contribution in [2.24, 2.45) is 11.8 Å². The number of carbonyl (C=O) groups is 1. The van der Waals surface area contributed by atoms with Crippen molar-refractivity contribution in [3.05, 3.63) is 0 Å². The van der Waals surface area contributed by atoms with Crippen molar-refractivity contribution in [2.45, 2.75) is 39.8 Å². The number of rotatable bonds is 4. The Bertz CT molecular complexity index is 222. The van der Waals surface area contributed by atoms with Crippen LogP contribution in [0.25, 0.3) is 0 Å². The van der Waals surface area contributed by atoms with E-state index in [0.29, 0.717) is 17.9 Å². The highest BCUT2D eigenvalue weighted by atomic mass is 16.2. The molecule has 0 radical (unpaired) electrons. The van der Waals surface area contributed by atoms with E-state index in [0.717, 1.165) is 19.6 Å². The van der Waals surface area contributed by atoms with Crippen molar-refractivity contribution >= 4 is 5.91 Å². The minimum atomic E-state index is -0.0736. The Labute approximate surface area is 98.6 Å². The van der Waals surface area contributed by atoms with Gasteiger partial charge in [-0.2, -0.15) is 0 Å². The second kappa shape index (κ2) is 6.21. The lowest BCUT2D eigenvalue weighted by atomic mass is 9.98. The van der Waals surface area contributed by atoms with Crippen LogP contribution in [-0.4, -0.2) is 37.6 Å². The minimum Gasteiger partial charge on any atom is -0.354 e. The molecule has 16 heavy (non-hydrogen) atoms. The van der Waals surface area contributed by atoms with E-state index < -0.39 is 0 Å². The summed E-state index contributed by atoms with van der Waals surface area (Å²) in [7, 11) is 0. The first-order valence-corrected chi connectivity index (χ1v) is 6.25. The molecule has 0 saturated carbocycles. The van der Waals surface area contributed by atoms with Crippen LogP contribution in [-0.2, 0) is 4.79 Å². The SMILES string of the molecule is CC1CNC(C(=O)NCC(C)C(C)C)CN1. The number of hydrogen-bond acceptors (Lipinski definition) is 3. The van der Waals surface area contributed by atoms with Crippen molar-refractivity contribution in [3.63, 3.8) is 0 Å². The molecule has 1 saturated heterocycles. The second-order valence-electron chi connectivity index (χ2n) is 5.24. The summed E-state index contributed by atoms with van der Waals surface area (Å²) in [6, 6.07) is 0.384. The summed E-state index contributed by atoms with van der Waals surface area (Å²) in [5.41, 5.74) is 0. The Morgan fingerprint density at radius 3 is 2.50 bits per heavy atom. The molecular formula is C12H25N3O. The standard InChI is InChI=1S/C12H25N3O/c1-8(2)9(3)5-15-12(16)11-7-13-10(4)6-14-11/h8-11,13-14H,5-7H2,1-4H3,(H,15,16). The van der Waals surface area contributed by atoms with Gasteiger partial charge in [-0.25, -0.2) is 0 Å². The average Bonchev–Trinajstić information content (AvgIpc) is 2.26. The molecule has 0 bridgehead atoms. The van der Waals surface area contributed by atoms with Crippen LogP contribution in [0.5, 0.6) is 0 Å². The maximum absolute atomic E-state index is 11.8. The van der Waals surface area contributed by atoms with Crippen LogP contribution in [0, 0.1) is 11.8 Å². The fraction of sp³-hybridized carbons (Fsp3) is 0.917. The summed E-state index contributed by atoms with van der Waals surface area (Å²) in [5, 5.41) is 9.55. The Balaban J connectivity index is 2.25. The molecular weight excluding hydrogens is 202 g/mol. The van der Waals surface area contributed by atoms with Gasteiger partial charge in [-0.05, 0) is 18.8 Å². The Hall–Kier alpha value is -0.610. The van der Waals surface area contributed by atoms with Gasteiger partial charge in [0.15, 0.2) is 0 Å². The Morgan fingerprint density at radius 2 is 2.00 bits per heavy atom. The van der Waals surface area contributed by atoms with Gasteiger partial charge in [0.2, 0.25) is 5.91 Å². The molecule has 1 heterocycles. The van der Waals surface area contributed by atoms with Gasteiger partial charge in [0.25, 0.3) is 0 Å². The van der Waals surface area contributed by atoms with Gasteiger partial charge in [0.1, 0.15) is 0 Å². The lowest BCUT2D eigenvalue weighted by Gasteiger charge is -2.28. The first-order chi connectivity index (χ1) is 7.50. The van der Waals surface area contributed by atoms with Gasteiger partial charge in [-0.1, -0.05) is 20.8 Å². The van der Waals surface area contributed by atoms with Crippen LogP contribution in [0.3, 0.4) is 0 Å². The molecule has 0 aliphatic carbocycles. The van der Waals surface area contributed by atoms with Crippen LogP contribution >= 0.6 is 0 Å². The van der Waals surface area contributed by atoms with E-state index in [9.17, 15) is 4.79 Å². The van der Waals surface area contributed by atoms with E-state index in [1.807, 2.05) is 0 Å². The zero-order chi connectivity index (χ0) is 12.1. The van der Waals surface area contributed by atoms with Gasteiger partial charge in [-0.3, -0.25) is 4.79 Å². The summed E-state index contributed by atoms with van der Waals surface area (Å²) in [5.74, 6) is 1.25. The number of nitrogens with one attached hydrogen (secondary N) is 3. The highest BCUT2D eigenvalue weighted by molar-refractivity contribution is 5.82. The molecule has 1 aliphatic rings. The molecule has 94 valence electrons. The van der Waals surface area contributed by atoms with E-state index in [1.54, 1.807) is 0 Å². The lowest BCUT2D eigenvalue weighted by molar-refractivity contribution is -0.123. The zero-order valence-electron chi connectivity index (χ0n) is 10.8. The molecule has 3 atom stereocenters. The Kier molecular flexibility index (Phi) is 5.22. The third-order valence-corrected chi connectivity index (χ3v) is 3.39. The summed E-state index contributed by atoms with van der Waals surface area (Å²) in [6.45, 7) is 11.0. The predicted octanol–water partition coefficient (Wildman–Crippen LogP) is 0.345. The van der Waals surface area contributed by atoms with Crippen LogP contribution in [0.1, 0.15) is 27.7 Å². The molecule has 0 aromatic carbocycles. The molecule has 4 nitrogen and oxygen atoms in total. The van der Waals surface area contributed by atoms with E-state index in [-0.39, 0.29) is 11.9 Å². The van der Waals surface area contributed by atoms with Gasteiger partial charge >= 0.3 is 0 Å². The predicted molar refractivity (Wildman–Crippen MR) is 66.3 cm³/mol. The van der Waals surface area contributed by atoms with E-state index in [1.165, 1.54) is 0 Å². The maximum atomic E-state index is 11.8. The van der Waals surface area contributed by atoms with Gasteiger partial charge in [-0.15, -0.1) is 0 Å². The molecule has 1 amide bonds. The third-order valence-electron chi connectivity index (χ3n) is 3.39. The first-order valence-electron chi connectivity index (χ1n) is 6.25. The molecule has 1 fully saturated rings. The monoisotopic (exact) mass is 227 g/mol. The molecule has 0 aromatic rings. The second-order valence-corrected chi connectivity index (χ2v) is 5.24. The molecule has 3 N–H and O–H groups in total. The minimum absolute atomic E-state index is 0.0736. The Morgan fingerprint density at radius 1 is 1.31 bits per heavy atom. The number of hydrogen-bond donors (Lipinski definition) is 3.